The van der Waals surface area contributed by atoms with Gasteiger partial charge in [0.1, 0.15) is 13.3 Å². The first kappa shape index (κ1) is 27.5. The minimum atomic E-state index is -1.55. The Morgan fingerprint density at radius 1 is 1.27 bits per heavy atom. The third-order valence-corrected chi connectivity index (χ3v) is 6.12. The first-order valence-electron chi connectivity index (χ1n) is 11.6. The highest BCUT2D eigenvalue weighted by Gasteiger charge is 2.26. The van der Waals surface area contributed by atoms with Crippen molar-refractivity contribution in [2.75, 3.05) is 26.4 Å². The fourth-order valence-corrected chi connectivity index (χ4v) is 4.29. The number of hydrogen-bond donors (Lipinski definition) is 0. The highest BCUT2D eigenvalue weighted by atomic mass is 19.1. The molecule has 11 heteroatoms. The lowest BCUT2D eigenvalue weighted by atomic mass is 10.0. The predicted molar refractivity (Wildman–Crippen MR) is 132 cm³/mol. The average Bonchev–Trinajstić information content (AvgIpc) is 2.90. The lowest BCUT2D eigenvalue weighted by Crippen LogP contribution is -2.44. The molecule has 2 heterocycles. The van der Waals surface area contributed by atoms with Gasteiger partial charge in [0, 0.05) is 30.8 Å². The zero-order chi connectivity index (χ0) is 27.1. The summed E-state index contributed by atoms with van der Waals surface area (Å²) in [6, 6.07) is 3.53. The maximum absolute atomic E-state index is 15.0. The fourth-order valence-electron chi connectivity index (χ4n) is 4.29. The molecule has 0 spiro atoms. The van der Waals surface area contributed by atoms with E-state index in [9.17, 15) is 27.6 Å². The van der Waals surface area contributed by atoms with E-state index in [0.717, 1.165) is 16.7 Å². The molecule has 8 nitrogen and oxygen atoms in total. The van der Waals surface area contributed by atoms with E-state index in [-0.39, 0.29) is 17.4 Å². The zero-order valence-corrected chi connectivity index (χ0v) is 20.3. The number of nitriles is 1. The van der Waals surface area contributed by atoms with Crippen LogP contribution in [0.3, 0.4) is 0 Å². The molecule has 1 aromatic carbocycles. The molecule has 1 aromatic heterocycles. The van der Waals surface area contributed by atoms with Crippen molar-refractivity contribution in [1.82, 2.24) is 14.0 Å². The van der Waals surface area contributed by atoms with Crippen molar-refractivity contribution >= 4 is 17.3 Å². The maximum Gasteiger partial charge on any atom is 0.332 e. The number of carbonyl (C=O) groups excluding carboxylic acids is 1. The standard InChI is InChI=1S/C26H27F3N4O4/c1-3-4-18(9-17(2)14-30)15-32-25(35)21-10-24(37-20(12-27)13-28)22(29)11-23(21)33(26(32)36)19-5-7-31(16-34)8-6-19/h3-4,9-11,16,19-20H,1,5-8,12-13,15H2,2H3/b17-9+,18-4+. The Labute approximate surface area is 211 Å². The summed E-state index contributed by atoms with van der Waals surface area (Å²) < 4.78 is 48.4. The molecular weight excluding hydrogens is 489 g/mol. The number of ether oxygens (including phenoxy) is 1. The van der Waals surface area contributed by atoms with Crippen LogP contribution in [0.15, 0.2) is 57.7 Å². The summed E-state index contributed by atoms with van der Waals surface area (Å²) in [6.07, 6.45) is 4.46. The number of allylic oxidation sites excluding steroid dienone is 5. The number of alkyl halides is 2. The minimum absolute atomic E-state index is 0.00991. The molecule has 3 rings (SSSR count). The molecule has 0 radical (unpaired) electrons. The highest BCUT2D eigenvalue weighted by Crippen LogP contribution is 2.28. The molecule has 0 bridgehead atoms. The second-order valence-electron chi connectivity index (χ2n) is 8.68. The summed E-state index contributed by atoms with van der Waals surface area (Å²) in [5.41, 5.74) is -0.663. The third kappa shape index (κ3) is 6.02. The van der Waals surface area contributed by atoms with Crippen LogP contribution in [-0.4, -0.2) is 53.0 Å². The maximum atomic E-state index is 15.0. The largest absolute Gasteiger partial charge is 0.482 e. The molecule has 0 saturated carbocycles. The number of likely N-dealkylation sites (tertiary alicyclic amines) is 1. The number of piperidine rings is 1. The number of halogens is 3. The van der Waals surface area contributed by atoms with E-state index in [1.807, 2.05) is 6.07 Å². The smallest absolute Gasteiger partial charge is 0.332 e. The summed E-state index contributed by atoms with van der Waals surface area (Å²) in [5.74, 6) is -1.49. The number of nitrogens with zero attached hydrogens (tertiary/aromatic N) is 4. The van der Waals surface area contributed by atoms with Crippen LogP contribution in [0, 0.1) is 17.1 Å². The van der Waals surface area contributed by atoms with E-state index in [1.54, 1.807) is 17.9 Å². The Kier molecular flexibility index (Phi) is 9.11. The fraction of sp³-hybridized carbons (Fsp3) is 0.385. The van der Waals surface area contributed by atoms with Gasteiger partial charge in [-0.25, -0.2) is 18.0 Å². The first-order chi connectivity index (χ1) is 17.8. The average molecular weight is 517 g/mol. The van der Waals surface area contributed by atoms with E-state index >= 15 is 0 Å². The quantitative estimate of drug-likeness (QED) is 0.274. The second kappa shape index (κ2) is 12.3. The van der Waals surface area contributed by atoms with Gasteiger partial charge < -0.3 is 9.64 Å². The van der Waals surface area contributed by atoms with Crippen molar-refractivity contribution in [3.05, 3.63) is 74.7 Å². The Hall–Kier alpha value is -4.07. The number of aromatic nitrogens is 2. The summed E-state index contributed by atoms with van der Waals surface area (Å²) in [6.45, 7) is 3.32. The number of hydrogen-bond acceptors (Lipinski definition) is 5. The molecule has 37 heavy (non-hydrogen) atoms. The van der Waals surface area contributed by atoms with Crippen molar-refractivity contribution in [2.45, 2.75) is 38.5 Å². The predicted octanol–water partition coefficient (Wildman–Crippen LogP) is 3.36. The summed E-state index contributed by atoms with van der Waals surface area (Å²) in [7, 11) is 0. The van der Waals surface area contributed by atoms with Gasteiger partial charge in [0.15, 0.2) is 17.7 Å². The highest BCUT2D eigenvalue weighted by molar-refractivity contribution is 5.80. The van der Waals surface area contributed by atoms with Gasteiger partial charge in [-0.15, -0.1) is 0 Å². The molecule has 0 atom stereocenters. The molecule has 196 valence electrons. The topological polar surface area (TPSA) is 97.3 Å². The minimum Gasteiger partial charge on any atom is -0.482 e. The van der Waals surface area contributed by atoms with Crippen LogP contribution in [0.4, 0.5) is 13.2 Å². The van der Waals surface area contributed by atoms with Crippen molar-refractivity contribution in [3.63, 3.8) is 0 Å². The van der Waals surface area contributed by atoms with Crippen molar-refractivity contribution in [2.24, 2.45) is 0 Å². The van der Waals surface area contributed by atoms with Crippen molar-refractivity contribution in [3.8, 4) is 11.8 Å². The van der Waals surface area contributed by atoms with Crippen LogP contribution in [0.25, 0.3) is 10.9 Å². The monoisotopic (exact) mass is 516 g/mol. The Morgan fingerprint density at radius 2 is 1.95 bits per heavy atom. The Bertz CT molecular complexity index is 1390. The zero-order valence-electron chi connectivity index (χ0n) is 20.3. The van der Waals surface area contributed by atoms with Crippen LogP contribution in [0.5, 0.6) is 5.75 Å². The van der Waals surface area contributed by atoms with Crippen LogP contribution in [0.1, 0.15) is 25.8 Å². The number of rotatable bonds is 10. The van der Waals surface area contributed by atoms with Crippen LogP contribution < -0.4 is 16.0 Å². The van der Waals surface area contributed by atoms with Crippen LogP contribution in [-0.2, 0) is 11.3 Å². The van der Waals surface area contributed by atoms with E-state index in [1.165, 1.54) is 16.7 Å². The lowest BCUT2D eigenvalue weighted by molar-refractivity contribution is -0.119. The van der Waals surface area contributed by atoms with Gasteiger partial charge >= 0.3 is 5.69 Å². The summed E-state index contributed by atoms with van der Waals surface area (Å²) >= 11 is 0. The number of benzene rings is 1. The van der Waals surface area contributed by atoms with Gasteiger partial charge in [0.2, 0.25) is 6.41 Å². The molecule has 1 fully saturated rings. The van der Waals surface area contributed by atoms with Gasteiger partial charge in [0.05, 0.1) is 23.5 Å². The van der Waals surface area contributed by atoms with Gasteiger partial charge in [-0.05, 0) is 37.5 Å². The molecule has 0 aliphatic carbocycles. The number of fused-ring (bicyclic) bond motifs is 1. The van der Waals surface area contributed by atoms with E-state index in [2.05, 4.69) is 6.58 Å². The normalized spacial score (nSPS) is 15.2. The SMILES string of the molecule is C=C/C=C(\C=C(/C)C#N)Cn1c(=O)c2cc(OC(CF)CF)c(F)cc2n(C2CCN(C=O)CC2)c1=O. The van der Waals surface area contributed by atoms with Gasteiger partial charge in [-0.1, -0.05) is 18.7 Å². The molecule has 1 aliphatic heterocycles. The van der Waals surface area contributed by atoms with E-state index in [0.29, 0.717) is 43.5 Å². The van der Waals surface area contributed by atoms with Gasteiger partial charge in [0.25, 0.3) is 5.56 Å². The molecular formula is C26H27F3N4O4. The first-order valence-corrected chi connectivity index (χ1v) is 11.6. The number of carbonyl (C=O) groups is 1. The molecule has 1 aliphatic rings. The van der Waals surface area contributed by atoms with Crippen molar-refractivity contribution < 1.29 is 22.7 Å². The molecule has 1 saturated heterocycles. The molecule has 0 N–H and O–H groups in total. The van der Waals surface area contributed by atoms with Crippen molar-refractivity contribution in [1.29, 1.82) is 5.26 Å². The summed E-state index contributed by atoms with van der Waals surface area (Å²) in [4.78, 5) is 39.9. The van der Waals surface area contributed by atoms with E-state index < -0.39 is 48.3 Å². The van der Waals surface area contributed by atoms with Crippen LogP contribution in [0.2, 0.25) is 0 Å². The van der Waals surface area contributed by atoms with Crippen LogP contribution >= 0.6 is 0 Å². The second-order valence-corrected chi connectivity index (χ2v) is 8.68. The van der Waals surface area contributed by atoms with Gasteiger partial charge in [-0.2, -0.15) is 5.26 Å². The lowest BCUT2D eigenvalue weighted by Gasteiger charge is -2.31. The Morgan fingerprint density at radius 3 is 2.51 bits per heavy atom. The Balaban J connectivity index is 2.27. The summed E-state index contributed by atoms with van der Waals surface area (Å²) in [5, 5.41) is 9.08. The molecule has 0 unspecified atom stereocenters. The van der Waals surface area contributed by atoms with E-state index in [4.69, 9.17) is 10.00 Å². The molecule has 2 aromatic rings. The molecule has 1 amide bonds. The van der Waals surface area contributed by atoms with Gasteiger partial charge in [-0.3, -0.25) is 18.7 Å². The third-order valence-electron chi connectivity index (χ3n) is 6.12. The number of amides is 1.